The molecule has 0 spiro atoms. The Morgan fingerprint density at radius 3 is 2.21 bits per heavy atom. The lowest BCUT2D eigenvalue weighted by Crippen LogP contribution is -2.32. The van der Waals surface area contributed by atoms with E-state index in [9.17, 15) is 4.79 Å². The molecule has 0 saturated carbocycles. The normalized spacial score (nSPS) is 27.1. The second kappa shape index (κ2) is 8.19. The zero-order valence-corrected chi connectivity index (χ0v) is 16.5. The van der Waals surface area contributed by atoms with Crippen LogP contribution < -0.4 is 9.47 Å². The van der Waals surface area contributed by atoms with E-state index >= 15 is 0 Å². The van der Waals surface area contributed by atoms with Crippen LogP contribution in [0.3, 0.4) is 0 Å². The van der Waals surface area contributed by atoms with Crippen molar-refractivity contribution in [1.29, 1.82) is 0 Å². The molecular formula is C24H27NO3. The molecule has 2 heterocycles. The summed E-state index contributed by atoms with van der Waals surface area (Å²) in [4.78, 5) is 14.7. The molecule has 146 valence electrons. The summed E-state index contributed by atoms with van der Waals surface area (Å²) < 4.78 is 10.5. The monoisotopic (exact) mass is 377 g/mol. The van der Waals surface area contributed by atoms with Gasteiger partial charge in [0.1, 0.15) is 17.8 Å². The number of aldehydes is 1. The molecule has 4 heteroatoms. The van der Waals surface area contributed by atoms with Crippen molar-refractivity contribution in [3.8, 4) is 11.5 Å². The van der Waals surface area contributed by atoms with E-state index in [0.717, 1.165) is 36.3 Å². The molecule has 2 saturated heterocycles. The van der Waals surface area contributed by atoms with Crippen LogP contribution >= 0.6 is 0 Å². The Bertz CT molecular complexity index is 828. The Hall–Kier alpha value is -2.59. The molecule has 2 aromatic carbocycles. The predicted octanol–water partition coefficient (Wildman–Crippen LogP) is 4.16. The van der Waals surface area contributed by atoms with Crippen LogP contribution in [0, 0.1) is 5.92 Å². The van der Waals surface area contributed by atoms with Crippen LogP contribution in [0.2, 0.25) is 0 Å². The molecule has 0 N–H and O–H groups in total. The molecule has 0 aromatic heterocycles. The standard InChI is InChI=1S/C24H27NO3/c1-27-19-10-5-17(6-11-19)7-14-22-21(16-26)24(23-4-3-15-25(22)23)18-8-12-20(28-2)13-9-18/h5-14,16,21-24H,3-4,15H2,1-2H3/b14-7+/t21-,22-,23-,24+/m1/s1. The molecule has 2 aromatic rings. The Balaban J connectivity index is 1.61. The molecule has 0 aliphatic carbocycles. The minimum atomic E-state index is -0.0341. The fraction of sp³-hybridized carbons (Fsp3) is 0.375. The number of benzene rings is 2. The molecule has 4 rings (SSSR count). The lowest BCUT2D eigenvalue weighted by Gasteiger charge is -2.22. The van der Waals surface area contributed by atoms with Crippen molar-refractivity contribution in [2.24, 2.45) is 5.92 Å². The van der Waals surface area contributed by atoms with Crippen LogP contribution in [0.25, 0.3) is 6.08 Å². The van der Waals surface area contributed by atoms with E-state index in [1.165, 1.54) is 12.0 Å². The van der Waals surface area contributed by atoms with E-state index in [2.05, 4.69) is 29.2 Å². The Morgan fingerprint density at radius 2 is 1.61 bits per heavy atom. The van der Waals surface area contributed by atoms with Gasteiger partial charge < -0.3 is 14.3 Å². The van der Waals surface area contributed by atoms with E-state index in [0.29, 0.717) is 6.04 Å². The Kier molecular flexibility index (Phi) is 5.49. The van der Waals surface area contributed by atoms with E-state index < -0.39 is 0 Å². The second-order valence-corrected chi connectivity index (χ2v) is 7.58. The zero-order chi connectivity index (χ0) is 19.5. The SMILES string of the molecule is COc1ccc(/C=C/[C@@H]2[C@@H](C=O)[C@H](c3ccc(OC)cc3)[C@H]3CCCN23)cc1. The van der Waals surface area contributed by atoms with Crippen molar-refractivity contribution >= 4 is 12.4 Å². The summed E-state index contributed by atoms with van der Waals surface area (Å²) in [5, 5.41) is 0. The number of carbonyl (C=O) groups is 1. The van der Waals surface area contributed by atoms with Gasteiger partial charge in [-0.05, 0) is 54.8 Å². The summed E-state index contributed by atoms with van der Waals surface area (Å²) in [5.41, 5.74) is 2.35. The van der Waals surface area contributed by atoms with Crippen LogP contribution in [0.4, 0.5) is 0 Å². The summed E-state index contributed by atoms with van der Waals surface area (Å²) in [6.45, 7) is 1.05. The quantitative estimate of drug-likeness (QED) is 0.709. The topological polar surface area (TPSA) is 38.8 Å². The third-order valence-electron chi connectivity index (χ3n) is 6.21. The minimum absolute atomic E-state index is 0.0341. The zero-order valence-electron chi connectivity index (χ0n) is 16.5. The summed E-state index contributed by atoms with van der Waals surface area (Å²) in [6.07, 6.45) is 7.84. The predicted molar refractivity (Wildman–Crippen MR) is 111 cm³/mol. The molecule has 0 unspecified atom stereocenters. The first kappa shape index (κ1) is 18.8. The van der Waals surface area contributed by atoms with Gasteiger partial charge in [-0.25, -0.2) is 0 Å². The van der Waals surface area contributed by atoms with Gasteiger partial charge in [-0.1, -0.05) is 36.4 Å². The van der Waals surface area contributed by atoms with Crippen molar-refractivity contribution in [1.82, 2.24) is 4.90 Å². The smallest absolute Gasteiger partial charge is 0.125 e. The van der Waals surface area contributed by atoms with Crippen LogP contribution in [0.15, 0.2) is 54.6 Å². The molecule has 4 nitrogen and oxygen atoms in total. The molecule has 2 aliphatic heterocycles. The first-order valence-corrected chi connectivity index (χ1v) is 9.92. The van der Waals surface area contributed by atoms with Crippen LogP contribution in [-0.4, -0.2) is 44.0 Å². The lowest BCUT2D eigenvalue weighted by molar-refractivity contribution is -0.111. The molecule has 2 aliphatic rings. The maximum Gasteiger partial charge on any atom is 0.125 e. The van der Waals surface area contributed by atoms with Crippen molar-refractivity contribution in [3.63, 3.8) is 0 Å². The van der Waals surface area contributed by atoms with Gasteiger partial charge in [-0.3, -0.25) is 4.90 Å². The number of methoxy groups -OCH3 is 2. The highest BCUT2D eigenvalue weighted by Crippen LogP contribution is 2.46. The second-order valence-electron chi connectivity index (χ2n) is 7.58. The van der Waals surface area contributed by atoms with E-state index in [4.69, 9.17) is 9.47 Å². The highest BCUT2D eigenvalue weighted by atomic mass is 16.5. The van der Waals surface area contributed by atoms with Crippen molar-refractivity contribution in [2.75, 3.05) is 20.8 Å². The van der Waals surface area contributed by atoms with Gasteiger partial charge in [0.15, 0.2) is 0 Å². The molecule has 0 amide bonds. The summed E-state index contributed by atoms with van der Waals surface area (Å²) in [7, 11) is 3.35. The number of hydrogen-bond acceptors (Lipinski definition) is 4. The number of ether oxygens (including phenoxy) is 2. The maximum atomic E-state index is 12.1. The maximum absolute atomic E-state index is 12.1. The van der Waals surface area contributed by atoms with Crippen molar-refractivity contribution in [2.45, 2.75) is 30.8 Å². The largest absolute Gasteiger partial charge is 0.497 e. The first-order chi connectivity index (χ1) is 13.7. The molecular weight excluding hydrogens is 350 g/mol. The Labute approximate surface area is 166 Å². The molecule has 4 atom stereocenters. The van der Waals surface area contributed by atoms with Crippen molar-refractivity contribution < 1.29 is 14.3 Å². The minimum Gasteiger partial charge on any atom is -0.497 e. The summed E-state index contributed by atoms with van der Waals surface area (Å²) >= 11 is 0. The number of rotatable bonds is 6. The highest BCUT2D eigenvalue weighted by molar-refractivity contribution is 5.62. The van der Waals surface area contributed by atoms with Crippen molar-refractivity contribution in [3.05, 3.63) is 65.7 Å². The molecule has 0 radical (unpaired) electrons. The Morgan fingerprint density at radius 1 is 0.964 bits per heavy atom. The number of hydrogen-bond donors (Lipinski definition) is 0. The van der Waals surface area contributed by atoms with Gasteiger partial charge in [0, 0.05) is 23.9 Å². The average molecular weight is 377 g/mol. The van der Waals surface area contributed by atoms with Gasteiger partial charge in [-0.2, -0.15) is 0 Å². The fourth-order valence-corrected chi connectivity index (χ4v) is 4.86. The summed E-state index contributed by atoms with van der Waals surface area (Å²) in [5.74, 6) is 1.90. The summed E-state index contributed by atoms with van der Waals surface area (Å²) in [6, 6.07) is 16.8. The van der Waals surface area contributed by atoms with E-state index in [1.54, 1.807) is 14.2 Å². The third kappa shape index (κ3) is 3.45. The van der Waals surface area contributed by atoms with Gasteiger partial charge in [0.2, 0.25) is 0 Å². The van der Waals surface area contributed by atoms with Crippen LogP contribution in [0.5, 0.6) is 11.5 Å². The van der Waals surface area contributed by atoms with E-state index in [-0.39, 0.29) is 17.9 Å². The van der Waals surface area contributed by atoms with Crippen LogP contribution in [-0.2, 0) is 4.79 Å². The number of carbonyl (C=O) groups excluding carboxylic acids is 1. The number of nitrogens with zero attached hydrogens (tertiary/aromatic N) is 1. The average Bonchev–Trinajstić information content (AvgIpc) is 3.33. The van der Waals surface area contributed by atoms with Crippen LogP contribution in [0.1, 0.15) is 29.9 Å². The lowest BCUT2D eigenvalue weighted by atomic mass is 9.81. The molecule has 2 fully saturated rings. The van der Waals surface area contributed by atoms with Gasteiger partial charge in [0.05, 0.1) is 14.2 Å². The van der Waals surface area contributed by atoms with E-state index in [1.807, 2.05) is 36.4 Å². The van der Waals surface area contributed by atoms with Gasteiger partial charge in [0.25, 0.3) is 0 Å². The van der Waals surface area contributed by atoms with Gasteiger partial charge in [-0.15, -0.1) is 0 Å². The fourth-order valence-electron chi connectivity index (χ4n) is 4.86. The first-order valence-electron chi connectivity index (χ1n) is 9.92. The number of fused-ring (bicyclic) bond motifs is 1. The highest BCUT2D eigenvalue weighted by Gasteiger charge is 2.49. The molecule has 0 bridgehead atoms. The third-order valence-corrected chi connectivity index (χ3v) is 6.21. The molecule has 28 heavy (non-hydrogen) atoms. The van der Waals surface area contributed by atoms with Gasteiger partial charge >= 0.3 is 0 Å².